The van der Waals surface area contributed by atoms with E-state index in [4.69, 9.17) is 20.9 Å². The molecule has 24 heavy (non-hydrogen) atoms. The van der Waals surface area contributed by atoms with Gasteiger partial charge in [-0.05, 0) is 5.92 Å². The number of aromatic nitrogens is 3. The van der Waals surface area contributed by atoms with Crippen LogP contribution in [0.1, 0.15) is 30.7 Å². The maximum absolute atomic E-state index is 11.7. The lowest BCUT2D eigenvalue weighted by atomic mass is 10.1. The van der Waals surface area contributed by atoms with Crippen LogP contribution in [0.4, 0.5) is 0 Å². The Kier molecular flexibility index (Phi) is 5.49. The van der Waals surface area contributed by atoms with E-state index in [0.717, 1.165) is 11.0 Å². The van der Waals surface area contributed by atoms with Crippen LogP contribution in [0, 0.1) is 5.92 Å². The van der Waals surface area contributed by atoms with E-state index in [0.29, 0.717) is 0 Å². The standard InChI is InChI=1S/C13H21N5O6/c1-5(2)7(14)13(22)23-3-6-8(19)9(20)12(24-6)18-4-16-11(17-18)10(15)21/h4-9,12,19-20H,3,14H2,1-2H3,(H2,15,21)/t6-,7+,8+,9+,12+/m1/s1. The molecule has 1 fully saturated rings. The SMILES string of the molecule is CC(C)[C@H](N)C(=O)OC[C@H]1O[C@H](n2cnc(C(N)=O)n2)[C@@H](O)[C@H]1O. The van der Waals surface area contributed by atoms with Gasteiger partial charge in [0.05, 0.1) is 0 Å². The highest BCUT2D eigenvalue weighted by molar-refractivity contribution is 5.88. The van der Waals surface area contributed by atoms with Crippen LogP contribution in [0.5, 0.6) is 0 Å². The van der Waals surface area contributed by atoms with Crippen LogP contribution in [0.3, 0.4) is 0 Å². The average molecular weight is 343 g/mol. The van der Waals surface area contributed by atoms with Crippen LogP contribution >= 0.6 is 0 Å². The molecule has 6 N–H and O–H groups in total. The summed E-state index contributed by atoms with van der Waals surface area (Å²) < 4.78 is 11.5. The van der Waals surface area contributed by atoms with Crippen molar-refractivity contribution in [1.82, 2.24) is 14.8 Å². The second-order valence-electron chi connectivity index (χ2n) is 5.86. The number of carbonyl (C=O) groups excluding carboxylic acids is 2. The molecule has 1 aliphatic rings. The van der Waals surface area contributed by atoms with E-state index in [9.17, 15) is 19.8 Å². The first-order valence-corrected chi connectivity index (χ1v) is 7.37. The summed E-state index contributed by atoms with van der Waals surface area (Å²) in [7, 11) is 0. The molecule has 11 heteroatoms. The number of hydrogen-bond donors (Lipinski definition) is 4. The molecule has 0 unspecified atom stereocenters. The summed E-state index contributed by atoms with van der Waals surface area (Å²) in [5, 5.41) is 23.8. The summed E-state index contributed by atoms with van der Waals surface area (Å²) in [5.74, 6) is -1.82. The van der Waals surface area contributed by atoms with Gasteiger partial charge in [-0.3, -0.25) is 9.59 Å². The van der Waals surface area contributed by atoms with Crippen LogP contribution < -0.4 is 11.5 Å². The van der Waals surface area contributed by atoms with Crippen molar-refractivity contribution in [2.24, 2.45) is 17.4 Å². The van der Waals surface area contributed by atoms with Gasteiger partial charge in [-0.15, -0.1) is 5.10 Å². The third-order valence-electron chi connectivity index (χ3n) is 3.71. The van der Waals surface area contributed by atoms with Crippen LogP contribution in [0.15, 0.2) is 6.33 Å². The lowest BCUT2D eigenvalue weighted by molar-refractivity contribution is -0.152. The Balaban J connectivity index is 1.99. The number of nitrogens with zero attached hydrogens (tertiary/aromatic N) is 3. The smallest absolute Gasteiger partial charge is 0.323 e. The van der Waals surface area contributed by atoms with E-state index < -0.39 is 42.5 Å². The molecule has 1 aromatic rings. The molecule has 2 heterocycles. The molecule has 11 nitrogen and oxygen atoms in total. The molecule has 0 spiro atoms. The highest BCUT2D eigenvalue weighted by atomic mass is 16.6. The maximum Gasteiger partial charge on any atom is 0.323 e. The van der Waals surface area contributed by atoms with E-state index in [-0.39, 0.29) is 18.3 Å². The minimum Gasteiger partial charge on any atom is -0.462 e. The normalized spacial score (nSPS) is 28.1. The van der Waals surface area contributed by atoms with Gasteiger partial charge in [-0.25, -0.2) is 9.67 Å². The predicted molar refractivity (Wildman–Crippen MR) is 78.2 cm³/mol. The number of primary amides is 1. The summed E-state index contributed by atoms with van der Waals surface area (Å²) in [6.07, 6.45) is -3.60. The number of ether oxygens (including phenoxy) is 2. The average Bonchev–Trinajstić information content (AvgIpc) is 3.11. The number of esters is 1. The highest BCUT2D eigenvalue weighted by Crippen LogP contribution is 2.29. The Morgan fingerprint density at radius 2 is 2.08 bits per heavy atom. The lowest BCUT2D eigenvalue weighted by Crippen LogP contribution is -2.40. The second kappa shape index (κ2) is 7.21. The van der Waals surface area contributed by atoms with Crippen molar-refractivity contribution in [2.45, 2.75) is 44.4 Å². The minimum atomic E-state index is -1.35. The molecule has 0 saturated carbocycles. The quantitative estimate of drug-likeness (QED) is 0.407. The molecule has 1 aromatic heterocycles. The summed E-state index contributed by atoms with van der Waals surface area (Å²) >= 11 is 0. The highest BCUT2D eigenvalue weighted by Gasteiger charge is 2.45. The Hall–Kier alpha value is -2.08. The Bertz CT molecular complexity index is 605. The topological polar surface area (TPSA) is 176 Å². The summed E-state index contributed by atoms with van der Waals surface area (Å²) in [6.45, 7) is 3.26. The number of carbonyl (C=O) groups is 2. The Labute approximate surface area is 137 Å². The maximum atomic E-state index is 11.7. The Morgan fingerprint density at radius 3 is 2.62 bits per heavy atom. The molecule has 1 aliphatic heterocycles. The molecule has 0 radical (unpaired) electrons. The van der Waals surface area contributed by atoms with Crippen molar-refractivity contribution in [2.75, 3.05) is 6.61 Å². The van der Waals surface area contributed by atoms with E-state index in [2.05, 4.69) is 10.1 Å². The molecule has 1 amide bonds. The lowest BCUT2D eigenvalue weighted by Gasteiger charge is -2.18. The zero-order valence-corrected chi connectivity index (χ0v) is 13.3. The molecule has 134 valence electrons. The first-order chi connectivity index (χ1) is 11.2. The van der Waals surface area contributed by atoms with Crippen LogP contribution in [-0.4, -0.2) is 67.8 Å². The van der Waals surface area contributed by atoms with Crippen molar-refractivity contribution < 1.29 is 29.3 Å². The molecule has 1 saturated heterocycles. The van der Waals surface area contributed by atoms with Gasteiger partial charge in [-0.1, -0.05) is 13.8 Å². The monoisotopic (exact) mass is 343 g/mol. The molecule has 5 atom stereocenters. The fourth-order valence-electron chi connectivity index (χ4n) is 2.13. The van der Waals surface area contributed by atoms with Gasteiger partial charge >= 0.3 is 5.97 Å². The summed E-state index contributed by atoms with van der Waals surface area (Å²) in [5.41, 5.74) is 10.7. The van der Waals surface area contributed by atoms with Gasteiger partial charge in [0, 0.05) is 0 Å². The number of aliphatic hydroxyl groups is 2. The van der Waals surface area contributed by atoms with E-state index in [1.54, 1.807) is 13.8 Å². The van der Waals surface area contributed by atoms with Crippen molar-refractivity contribution in [1.29, 1.82) is 0 Å². The van der Waals surface area contributed by atoms with E-state index >= 15 is 0 Å². The number of rotatable bonds is 6. The van der Waals surface area contributed by atoms with Crippen molar-refractivity contribution in [3.8, 4) is 0 Å². The van der Waals surface area contributed by atoms with Crippen molar-refractivity contribution >= 4 is 11.9 Å². The molecule has 0 aliphatic carbocycles. The van der Waals surface area contributed by atoms with Gasteiger partial charge in [0.25, 0.3) is 5.91 Å². The van der Waals surface area contributed by atoms with Gasteiger partial charge in [0.15, 0.2) is 6.23 Å². The summed E-state index contributed by atoms with van der Waals surface area (Å²) in [6, 6.07) is -0.794. The first-order valence-electron chi connectivity index (χ1n) is 7.37. The fourth-order valence-corrected chi connectivity index (χ4v) is 2.13. The van der Waals surface area contributed by atoms with Gasteiger partial charge < -0.3 is 31.2 Å². The molecular formula is C13H21N5O6. The van der Waals surface area contributed by atoms with E-state index in [1.165, 1.54) is 0 Å². The molecule has 2 rings (SSSR count). The van der Waals surface area contributed by atoms with Crippen LogP contribution in [0.25, 0.3) is 0 Å². The Morgan fingerprint density at radius 1 is 1.42 bits per heavy atom. The van der Waals surface area contributed by atoms with Crippen LogP contribution in [0.2, 0.25) is 0 Å². The van der Waals surface area contributed by atoms with Gasteiger partial charge in [0.1, 0.15) is 37.3 Å². The minimum absolute atomic E-state index is 0.104. The zero-order valence-electron chi connectivity index (χ0n) is 13.3. The number of aliphatic hydroxyl groups excluding tert-OH is 2. The second-order valence-corrected chi connectivity index (χ2v) is 5.86. The summed E-state index contributed by atoms with van der Waals surface area (Å²) in [4.78, 5) is 26.4. The number of amides is 1. The zero-order chi connectivity index (χ0) is 18.0. The van der Waals surface area contributed by atoms with Crippen molar-refractivity contribution in [3.63, 3.8) is 0 Å². The number of hydrogen-bond acceptors (Lipinski definition) is 9. The predicted octanol–water partition coefficient (Wildman–Crippen LogP) is -2.48. The number of nitrogens with two attached hydrogens (primary N) is 2. The molecular weight excluding hydrogens is 322 g/mol. The van der Waals surface area contributed by atoms with Gasteiger partial charge in [-0.2, -0.15) is 0 Å². The molecule has 0 bridgehead atoms. The third-order valence-corrected chi connectivity index (χ3v) is 3.71. The van der Waals surface area contributed by atoms with Crippen LogP contribution in [-0.2, 0) is 14.3 Å². The largest absolute Gasteiger partial charge is 0.462 e. The van der Waals surface area contributed by atoms with E-state index in [1.807, 2.05) is 0 Å². The molecule has 0 aromatic carbocycles. The van der Waals surface area contributed by atoms with Gasteiger partial charge in [0.2, 0.25) is 5.82 Å². The fraction of sp³-hybridized carbons (Fsp3) is 0.692. The third kappa shape index (κ3) is 3.70. The van der Waals surface area contributed by atoms with Crippen molar-refractivity contribution in [3.05, 3.63) is 12.2 Å². The first kappa shape index (κ1) is 18.3.